The fourth-order valence-electron chi connectivity index (χ4n) is 1.71. The molecule has 2 rings (SSSR count). The molecule has 1 aliphatic heterocycles. The molecule has 16 heavy (non-hydrogen) atoms. The number of nitrogen functional groups attached to an aromatic ring is 1. The van der Waals surface area contributed by atoms with Crippen LogP contribution in [0.1, 0.15) is 12.1 Å². The average Bonchev–Trinajstić information content (AvgIpc) is 2.88. The Balaban J connectivity index is 1.92. The van der Waals surface area contributed by atoms with Gasteiger partial charge in [0.2, 0.25) is 5.91 Å². The van der Waals surface area contributed by atoms with Gasteiger partial charge in [0.1, 0.15) is 0 Å². The highest BCUT2D eigenvalue weighted by Gasteiger charge is 2.24. The predicted octanol–water partition coefficient (Wildman–Crippen LogP) is 0.515. The number of likely N-dealkylation sites (N-methyl/N-ethyl adjacent to an activating group) is 1. The number of rotatable bonds is 3. The van der Waals surface area contributed by atoms with Gasteiger partial charge in [0.25, 0.3) is 0 Å². The molecule has 1 aromatic heterocycles. The summed E-state index contributed by atoms with van der Waals surface area (Å²) in [5.74, 6) is 0.0702. The van der Waals surface area contributed by atoms with Crippen LogP contribution in [-0.4, -0.2) is 42.1 Å². The molecule has 0 aromatic carbocycles. The molecule has 2 N–H and O–H groups in total. The Hall–Kier alpha value is -1.14. The van der Waals surface area contributed by atoms with Crippen LogP contribution in [0, 0.1) is 0 Å². The van der Waals surface area contributed by atoms with Crippen LogP contribution in [0.2, 0.25) is 0 Å². The molecule has 0 aliphatic carbocycles. The van der Waals surface area contributed by atoms with Crippen molar-refractivity contribution in [1.29, 1.82) is 0 Å². The van der Waals surface area contributed by atoms with Gasteiger partial charge in [-0.1, -0.05) is 0 Å². The van der Waals surface area contributed by atoms with E-state index in [0.717, 1.165) is 18.7 Å². The van der Waals surface area contributed by atoms with Crippen molar-refractivity contribution in [2.45, 2.75) is 18.9 Å². The van der Waals surface area contributed by atoms with E-state index in [1.165, 1.54) is 11.3 Å². The second-order valence-corrected chi connectivity index (χ2v) is 4.77. The summed E-state index contributed by atoms with van der Waals surface area (Å²) < 4.78 is 5.26. The van der Waals surface area contributed by atoms with Crippen molar-refractivity contribution in [3.8, 4) is 0 Å². The lowest BCUT2D eigenvalue weighted by atomic mass is 10.2. The molecule has 1 atom stereocenters. The molecule has 1 aliphatic rings. The number of anilines is 1. The summed E-state index contributed by atoms with van der Waals surface area (Å²) in [4.78, 5) is 17.7. The number of thiazole rings is 1. The van der Waals surface area contributed by atoms with Gasteiger partial charge < -0.3 is 15.4 Å². The summed E-state index contributed by atoms with van der Waals surface area (Å²) in [7, 11) is 1.82. The Morgan fingerprint density at radius 1 is 1.81 bits per heavy atom. The van der Waals surface area contributed by atoms with Crippen molar-refractivity contribution >= 4 is 22.4 Å². The number of aromatic nitrogens is 1. The van der Waals surface area contributed by atoms with Gasteiger partial charge in [0.05, 0.1) is 24.8 Å². The van der Waals surface area contributed by atoms with E-state index >= 15 is 0 Å². The zero-order chi connectivity index (χ0) is 11.5. The van der Waals surface area contributed by atoms with E-state index in [-0.39, 0.29) is 11.9 Å². The SMILES string of the molecule is CN(C(=O)Cc1csc(N)n1)C1CCOC1. The molecule has 0 radical (unpaired) electrons. The first kappa shape index (κ1) is 11.3. The molecule has 1 aromatic rings. The number of nitrogens with two attached hydrogens (primary N) is 1. The molecule has 88 valence electrons. The molecule has 1 unspecified atom stereocenters. The largest absolute Gasteiger partial charge is 0.379 e. The van der Waals surface area contributed by atoms with E-state index in [1.54, 1.807) is 4.90 Å². The van der Waals surface area contributed by atoms with Gasteiger partial charge in [-0.2, -0.15) is 0 Å². The number of ether oxygens (including phenoxy) is 1. The van der Waals surface area contributed by atoms with Crippen LogP contribution in [0.15, 0.2) is 5.38 Å². The first-order chi connectivity index (χ1) is 7.66. The number of hydrogen-bond donors (Lipinski definition) is 1. The van der Waals surface area contributed by atoms with E-state index in [2.05, 4.69) is 4.98 Å². The third-order valence-electron chi connectivity index (χ3n) is 2.75. The van der Waals surface area contributed by atoms with Crippen molar-refractivity contribution in [1.82, 2.24) is 9.88 Å². The van der Waals surface area contributed by atoms with Gasteiger partial charge >= 0.3 is 0 Å². The third kappa shape index (κ3) is 2.51. The van der Waals surface area contributed by atoms with Crippen LogP contribution < -0.4 is 5.73 Å². The van der Waals surface area contributed by atoms with Crippen molar-refractivity contribution in [2.75, 3.05) is 26.0 Å². The van der Waals surface area contributed by atoms with Crippen molar-refractivity contribution in [3.05, 3.63) is 11.1 Å². The number of hydrogen-bond acceptors (Lipinski definition) is 5. The Morgan fingerprint density at radius 3 is 3.19 bits per heavy atom. The van der Waals surface area contributed by atoms with E-state index in [4.69, 9.17) is 10.5 Å². The van der Waals surface area contributed by atoms with E-state index in [0.29, 0.717) is 18.2 Å². The normalized spacial score (nSPS) is 19.9. The van der Waals surface area contributed by atoms with Gasteiger partial charge in [0, 0.05) is 19.0 Å². The maximum absolute atomic E-state index is 11.9. The molecule has 1 amide bonds. The van der Waals surface area contributed by atoms with Crippen molar-refractivity contribution < 1.29 is 9.53 Å². The number of carbonyl (C=O) groups excluding carboxylic acids is 1. The molecule has 5 nitrogen and oxygen atoms in total. The highest BCUT2D eigenvalue weighted by atomic mass is 32.1. The van der Waals surface area contributed by atoms with Crippen molar-refractivity contribution in [2.24, 2.45) is 0 Å². The van der Waals surface area contributed by atoms with E-state index < -0.39 is 0 Å². The first-order valence-electron chi connectivity index (χ1n) is 5.20. The van der Waals surface area contributed by atoms with Gasteiger partial charge in [-0.3, -0.25) is 4.79 Å². The minimum atomic E-state index is 0.0702. The maximum Gasteiger partial charge on any atom is 0.228 e. The smallest absolute Gasteiger partial charge is 0.228 e. The Kier molecular flexibility index (Phi) is 3.40. The van der Waals surface area contributed by atoms with Crippen LogP contribution in [0.5, 0.6) is 0 Å². The Bertz CT molecular complexity index is 374. The van der Waals surface area contributed by atoms with Gasteiger partial charge in [0.15, 0.2) is 5.13 Å². The highest BCUT2D eigenvalue weighted by molar-refractivity contribution is 7.13. The summed E-state index contributed by atoms with van der Waals surface area (Å²) in [6.07, 6.45) is 1.24. The van der Waals surface area contributed by atoms with Crippen LogP contribution in [0.25, 0.3) is 0 Å². The Labute approximate surface area is 98.2 Å². The topological polar surface area (TPSA) is 68.5 Å². The summed E-state index contributed by atoms with van der Waals surface area (Å²) in [6, 6.07) is 0.212. The second kappa shape index (κ2) is 4.80. The quantitative estimate of drug-likeness (QED) is 0.837. The van der Waals surface area contributed by atoms with Crippen LogP contribution in [0.3, 0.4) is 0 Å². The minimum Gasteiger partial charge on any atom is -0.379 e. The van der Waals surface area contributed by atoms with Crippen LogP contribution >= 0.6 is 11.3 Å². The first-order valence-corrected chi connectivity index (χ1v) is 6.08. The lowest BCUT2D eigenvalue weighted by Crippen LogP contribution is -2.38. The zero-order valence-corrected chi connectivity index (χ0v) is 10.00. The van der Waals surface area contributed by atoms with Gasteiger partial charge in [-0.05, 0) is 6.42 Å². The van der Waals surface area contributed by atoms with Crippen LogP contribution in [0.4, 0.5) is 5.13 Å². The van der Waals surface area contributed by atoms with Crippen molar-refractivity contribution in [3.63, 3.8) is 0 Å². The molecule has 0 bridgehead atoms. The maximum atomic E-state index is 11.9. The fraction of sp³-hybridized carbons (Fsp3) is 0.600. The number of carbonyl (C=O) groups is 1. The summed E-state index contributed by atoms with van der Waals surface area (Å²) in [6.45, 7) is 1.38. The summed E-state index contributed by atoms with van der Waals surface area (Å²) >= 11 is 1.36. The highest BCUT2D eigenvalue weighted by Crippen LogP contribution is 2.15. The zero-order valence-electron chi connectivity index (χ0n) is 9.18. The Morgan fingerprint density at radius 2 is 2.62 bits per heavy atom. The van der Waals surface area contributed by atoms with Gasteiger partial charge in [-0.25, -0.2) is 4.98 Å². The fourth-order valence-corrected chi connectivity index (χ4v) is 2.28. The molecular weight excluding hydrogens is 226 g/mol. The lowest BCUT2D eigenvalue weighted by molar-refractivity contribution is -0.131. The number of nitrogens with zero attached hydrogens (tertiary/aromatic N) is 2. The number of amides is 1. The molecule has 2 heterocycles. The standard InChI is InChI=1S/C10H15N3O2S/c1-13(8-2-3-15-5-8)9(14)4-7-6-16-10(11)12-7/h6,8H,2-5H2,1H3,(H2,11,12). The van der Waals surface area contributed by atoms with E-state index in [1.807, 2.05) is 12.4 Å². The molecule has 1 saturated heterocycles. The lowest BCUT2D eigenvalue weighted by Gasteiger charge is -2.22. The molecule has 0 spiro atoms. The molecular formula is C10H15N3O2S. The van der Waals surface area contributed by atoms with Gasteiger partial charge in [-0.15, -0.1) is 11.3 Å². The molecule has 6 heteroatoms. The monoisotopic (exact) mass is 241 g/mol. The van der Waals surface area contributed by atoms with E-state index in [9.17, 15) is 4.79 Å². The predicted molar refractivity (Wildman–Crippen MR) is 62.2 cm³/mol. The minimum absolute atomic E-state index is 0.0702. The summed E-state index contributed by atoms with van der Waals surface area (Å²) in [5.41, 5.74) is 6.26. The van der Waals surface area contributed by atoms with Crippen LogP contribution in [-0.2, 0) is 16.0 Å². The second-order valence-electron chi connectivity index (χ2n) is 3.88. The third-order valence-corrected chi connectivity index (χ3v) is 3.47. The summed E-state index contributed by atoms with van der Waals surface area (Å²) in [5, 5.41) is 2.33. The molecule has 0 saturated carbocycles. The average molecular weight is 241 g/mol. The molecule has 1 fully saturated rings.